The summed E-state index contributed by atoms with van der Waals surface area (Å²) < 4.78 is 26.2. The molecule has 0 bridgehead atoms. The fourth-order valence-corrected chi connectivity index (χ4v) is 5.49. The zero-order chi connectivity index (χ0) is 29.1. The van der Waals surface area contributed by atoms with Gasteiger partial charge in [0.2, 0.25) is 0 Å². The van der Waals surface area contributed by atoms with Crippen molar-refractivity contribution in [2.75, 3.05) is 0 Å². The summed E-state index contributed by atoms with van der Waals surface area (Å²) in [5.74, 6) is 0. The van der Waals surface area contributed by atoms with Crippen LogP contribution in [-0.2, 0) is 16.6 Å². The average Bonchev–Trinajstić information content (AvgIpc) is 3.66. The number of aryl methyl sites for hydroxylation is 1. The van der Waals surface area contributed by atoms with Gasteiger partial charge in [-0.05, 0) is 47.9 Å². The number of benzene rings is 4. The van der Waals surface area contributed by atoms with Gasteiger partial charge in [0, 0.05) is 30.8 Å². The van der Waals surface area contributed by atoms with E-state index in [-0.39, 0.29) is 22.3 Å². The van der Waals surface area contributed by atoms with E-state index in [4.69, 9.17) is 0 Å². The molecule has 208 valence electrons. The predicted octanol–water partition coefficient (Wildman–Crippen LogP) is 5.12. The third-order valence-electron chi connectivity index (χ3n) is 6.85. The maximum absolute atomic E-state index is 13.1. The molecule has 41 heavy (non-hydrogen) atoms. The molecule has 1 heterocycles. The molecule has 12 heteroatoms. The van der Waals surface area contributed by atoms with E-state index in [2.05, 4.69) is 14.8 Å². The summed E-state index contributed by atoms with van der Waals surface area (Å²) in [5, 5.41) is 26.8. The minimum atomic E-state index is -4.02. The van der Waals surface area contributed by atoms with Crippen molar-refractivity contribution < 1.29 is 18.3 Å². The van der Waals surface area contributed by atoms with E-state index in [0.29, 0.717) is 17.8 Å². The molecule has 0 saturated carbocycles. The molecule has 1 aliphatic rings. The van der Waals surface area contributed by atoms with Crippen LogP contribution in [0.3, 0.4) is 0 Å². The normalized spacial score (nSPS) is 18.5. The number of nitrogens with one attached hydrogen (secondary N) is 1. The SMILES string of the molecule is Cc1ccc(S(=O)(=O)N/N=C(/c2ccc([N+](=O)[O-])cc2)[C@@H]2[C@H](c3ccc([N+](=O)[O-])cc3)N2Cc2ccccc2)cc1. The Labute approximate surface area is 236 Å². The maximum Gasteiger partial charge on any atom is 0.276 e. The number of non-ortho nitro benzene ring substituents is 2. The van der Waals surface area contributed by atoms with E-state index in [1.165, 1.54) is 48.5 Å². The van der Waals surface area contributed by atoms with Gasteiger partial charge in [0.25, 0.3) is 21.4 Å². The number of hydrogen-bond acceptors (Lipinski definition) is 8. The summed E-state index contributed by atoms with van der Waals surface area (Å²) >= 11 is 0. The quantitative estimate of drug-likeness (QED) is 0.120. The van der Waals surface area contributed by atoms with Crippen molar-refractivity contribution in [3.63, 3.8) is 0 Å². The first kappa shape index (κ1) is 27.6. The van der Waals surface area contributed by atoms with Crippen LogP contribution in [0, 0.1) is 27.2 Å². The summed E-state index contributed by atoms with van der Waals surface area (Å²) in [6.07, 6.45) is 0. The highest BCUT2D eigenvalue weighted by Gasteiger charge is 2.52. The van der Waals surface area contributed by atoms with E-state index in [1.807, 2.05) is 37.3 Å². The molecule has 0 spiro atoms. The number of nitrogens with zero attached hydrogens (tertiary/aromatic N) is 4. The largest absolute Gasteiger partial charge is 0.280 e. The highest BCUT2D eigenvalue weighted by Crippen LogP contribution is 2.46. The predicted molar refractivity (Wildman–Crippen MR) is 153 cm³/mol. The Hall–Kier alpha value is -4.94. The molecule has 5 rings (SSSR count). The highest BCUT2D eigenvalue weighted by molar-refractivity contribution is 7.89. The zero-order valence-electron chi connectivity index (χ0n) is 21.8. The van der Waals surface area contributed by atoms with Crippen LogP contribution in [0.15, 0.2) is 113 Å². The van der Waals surface area contributed by atoms with Crippen LogP contribution >= 0.6 is 0 Å². The van der Waals surface area contributed by atoms with Crippen LogP contribution in [0.25, 0.3) is 0 Å². The van der Waals surface area contributed by atoms with E-state index < -0.39 is 25.9 Å². The van der Waals surface area contributed by atoms with Gasteiger partial charge in [-0.3, -0.25) is 25.1 Å². The molecule has 1 aliphatic heterocycles. The van der Waals surface area contributed by atoms with Gasteiger partial charge in [-0.25, -0.2) is 0 Å². The van der Waals surface area contributed by atoms with Gasteiger partial charge in [-0.2, -0.15) is 18.4 Å². The third-order valence-corrected chi connectivity index (χ3v) is 8.07. The van der Waals surface area contributed by atoms with Crippen LogP contribution in [0.5, 0.6) is 0 Å². The van der Waals surface area contributed by atoms with Crippen molar-refractivity contribution in [2.45, 2.75) is 30.4 Å². The van der Waals surface area contributed by atoms with Crippen molar-refractivity contribution in [3.05, 3.63) is 146 Å². The fourth-order valence-electron chi connectivity index (χ4n) is 4.68. The Kier molecular flexibility index (Phi) is 7.60. The number of sulfonamides is 1. The Balaban J connectivity index is 1.56. The topological polar surface area (TPSA) is 148 Å². The summed E-state index contributed by atoms with van der Waals surface area (Å²) in [4.78, 5) is 26.0. The van der Waals surface area contributed by atoms with Crippen molar-refractivity contribution in [1.82, 2.24) is 9.73 Å². The molecule has 1 N–H and O–H groups in total. The first-order valence-electron chi connectivity index (χ1n) is 12.6. The second-order valence-corrected chi connectivity index (χ2v) is 11.3. The maximum atomic E-state index is 13.1. The molecule has 0 aliphatic carbocycles. The molecular weight excluding hydrogens is 546 g/mol. The lowest BCUT2D eigenvalue weighted by molar-refractivity contribution is -0.385. The first-order chi connectivity index (χ1) is 19.6. The van der Waals surface area contributed by atoms with Crippen molar-refractivity contribution in [2.24, 2.45) is 5.10 Å². The Morgan fingerprint density at radius 2 is 1.39 bits per heavy atom. The van der Waals surface area contributed by atoms with E-state index >= 15 is 0 Å². The molecule has 11 nitrogen and oxygen atoms in total. The van der Waals surface area contributed by atoms with Crippen LogP contribution in [-0.4, -0.2) is 34.9 Å². The molecule has 1 unspecified atom stereocenters. The summed E-state index contributed by atoms with van der Waals surface area (Å²) in [6, 6.07) is 27.2. The lowest BCUT2D eigenvalue weighted by Crippen LogP contribution is -2.24. The molecule has 4 aromatic rings. The van der Waals surface area contributed by atoms with Gasteiger partial charge in [-0.15, -0.1) is 0 Å². The second kappa shape index (κ2) is 11.3. The number of nitro benzene ring substituents is 2. The van der Waals surface area contributed by atoms with Gasteiger partial charge in [0.05, 0.1) is 32.5 Å². The van der Waals surface area contributed by atoms with Gasteiger partial charge < -0.3 is 0 Å². The standard InChI is InChI=1S/C29H25N5O6S/c1-20-7-17-26(18-8-20)41(39,40)31-30-27(22-9-13-24(14-10-22)33(35)36)29-28(23-11-15-25(16-12-23)34(37)38)32(29)19-21-5-3-2-4-6-21/h2-18,28-29,31H,19H2,1H3/b30-27-/t28-,29+,32?/m0/s1. The van der Waals surface area contributed by atoms with Gasteiger partial charge >= 0.3 is 0 Å². The lowest BCUT2D eigenvalue weighted by atomic mass is 10.0. The molecule has 1 saturated heterocycles. The van der Waals surface area contributed by atoms with E-state index in [0.717, 1.165) is 16.7 Å². The van der Waals surface area contributed by atoms with Crippen molar-refractivity contribution >= 4 is 27.1 Å². The number of rotatable bonds is 10. The highest BCUT2D eigenvalue weighted by atomic mass is 32.2. The second-order valence-electron chi connectivity index (χ2n) is 9.61. The minimum Gasteiger partial charge on any atom is -0.280 e. The first-order valence-corrected chi connectivity index (χ1v) is 14.1. The lowest BCUT2D eigenvalue weighted by Gasteiger charge is -2.10. The van der Waals surface area contributed by atoms with Crippen LogP contribution in [0.1, 0.15) is 28.3 Å². The number of hydrazone groups is 1. The van der Waals surface area contributed by atoms with Crippen molar-refractivity contribution in [3.8, 4) is 0 Å². The summed E-state index contributed by atoms with van der Waals surface area (Å²) in [5.41, 5.74) is 3.38. The zero-order valence-corrected chi connectivity index (χ0v) is 22.6. The summed E-state index contributed by atoms with van der Waals surface area (Å²) in [7, 11) is -4.02. The molecule has 3 atom stereocenters. The molecule has 1 fully saturated rings. The molecule has 4 aromatic carbocycles. The van der Waals surface area contributed by atoms with Gasteiger partial charge in [-0.1, -0.05) is 60.2 Å². The minimum absolute atomic E-state index is 0.0405. The monoisotopic (exact) mass is 571 g/mol. The number of nitro groups is 2. The van der Waals surface area contributed by atoms with E-state index in [9.17, 15) is 28.6 Å². The summed E-state index contributed by atoms with van der Waals surface area (Å²) in [6.45, 7) is 2.34. The fraction of sp³-hybridized carbons (Fsp3) is 0.138. The number of hydrogen-bond donors (Lipinski definition) is 1. The Bertz CT molecular complexity index is 1710. The smallest absolute Gasteiger partial charge is 0.276 e. The molecule has 0 radical (unpaired) electrons. The van der Waals surface area contributed by atoms with E-state index in [1.54, 1.807) is 24.3 Å². The molecule has 0 amide bonds. The van der Waals surface area contributed by atoms with Crippen LogP contribution in [0.4, 0.5) is 11.4 Å². The molecule has 0 aromatic heterocycles. The molecular formula is C29H25N5O6S. The Morgan fingerprint density at radius 1 is 0.829 bits per heavy atom. The van der Waals surface area contributed by atoms with Crippen molar-refractivity contribution in [1.29, 1.82) is 0 Å². The van der Waals surface area contributed by atoms with Gasteiger partial charge in [0.15, 0.2) is 0 Å². The van der Waals surface area contributed by atoms with Gasteiger partial charge in [0.1, 0.15) is 0 Å². The Morgan fingerprint density at radius 3 is 1.95 bits per heavy atom. The van der Waals surface area contributed by atoms with Crippen LogP contribution < -0.4 is 4.83 Å². The third kappa shape index (κ3) is 6.13. The van der Waals surface area contributed by atoms with Crippen LogP contribution in [0.2, 0.25) is 0 Å². The average molecular weight is 572 g/mol.